The summed E-state index contributed by atoms with van der Waals surface area (Å²) in [6, 6.07) is 7.08. The van der Waals surface area contributed by atoms with E-state index in [4.69, 9.17) is 11.6 Å². The zero-order valence-corrected chi connectivity index (χ0v) is 13.0. The quantitative estimate of drug-likeness (QED) is 0.805. The van der Waals surface area contributed by atoms with Crippen LogP contribution in [0.25, 0.3) is 0 Å². The van der Waals surface area contributed by atoms with Crippen molar-refractivity contribution in [1.29, 1.82) is 0 Å². The normalized spacial score (nSPS) is 25.4. The first-order valence-electron chi connectivity index (χ1n) is 6.82. The van der Waals surface area contributed by atoms with E-state index >= 15 is 0 Å². The topological polar surface area (TPSA) is 51.2 Å². The highest BCUT2D eigenvalue weighted by atomic mass is 35.5. The van der Waals surface area contributed by atoms with Gasteiger partial charge in [-0.2, -0.15) is 0 Å². The molecule has 3 atom stereocenters. The standard InChI is InChI=1S/C17H17ClO3/c1-9-8-14(21)16(11(3)20)17(15(9)10(2)19)12-6-4-5-7-13(12)18/h4-8,15-17H,1-3H3. The molecule has 0 saturated carbocycles. The van der Waals surface area contributed by atoms with E-state index in [0.717, 1.165) is 0 Å². The zero-order valence-electron chi connectivity index (χ0n) is 12.2. The van der Waals surface area contributed by atoms with Gasteiger partial charge in [-0.05, 0) is 38.5 Å². The summed E-state index contributed by atoms with van der Waals surface area (Å²) in [5.41, 5.74) is 1.37. The number of hydrogen-bond donors (Lipinski definition) is 0. The van der Waals surface area contributed by atoms with Crippen LogP contribution in [0.15, 0.2) is 35.9 Å². The van der Waals surface area contributed by atoms with Crippen LogP contribution in [0, 0.1) is 11.8 Å². The fourth-order valence-electron chi connectivity index (χ4n) is 3.19. The van der Waals surface area contributed by atoms with Gasteiger partial charge in [-0.15, -0.1) is 0 Å². The molecule has 0 aromatic heterocycles. The third kappa shape index (κ3) is 2.84. The molecule has 21 heavy (non-hydrogen) atoms. The van der Waals surface area contributed by atoms with Gasteiger partial charge in [-0.1, -0.05) is 35.4 Å². The van der Waals surface area contributed by atoms with Gasteiger partial charge in [0, 0.05) is 16.9 Å². The molecular weight excluding hydrogens is 288 g/mol. The number of allylic oxidation sites excluding steroid dienone is 2. The second-order valence-electron chi connectivity index (χ2n) is 5.51. The van der Waals surface area contributed by atoms with E-state index in [1.165, 1.54) is 19.9 Å². The van der Waals surface area contributed by atoms with Gasteiger partial charge in [0.1, 0.15) is 11.6 Å². The molecule has 0 heterocycles. The van der Waals surface area contributed by atoms with Gasteiger partial charge in [0.2, 0.25) is 0 Å². The second kappa shape index (κ2) is 5.94. The number of ketones is 3. The fraction of sp³-hybridized carbons (Fsp3) is 0.353. The lowest BCUT2D eigenvalue weighted by Gasteiger charge is -2.35. The van der Waals surface area contributed by atoms with Crippen LogP contribution >= 0.6 is 11.6 Å². The summed E-state index contributed by atoms with van der Waals surface area (Å²) >= 11 is 6.24. The number of carbonyl (C=O) groups excluding carboxylic acids is 3. The first-order chi connectivity index (χ1) is 9.84. The van der Waals surface area contributed by atoms with Gasteiger partial charge < -0.3 is 0 Å². The highest BCUT2D eigenvalue weighted by molar-refractivity contribution is 6.31. The van der Waals surface area contributed by atoms with Gasteiger partial charge in [-0.25, -0.2) is 0 Å². The molecule has 0 bridgehead atoms. The van der Waals surface area contributed by atoms with Crippen LogP contribution in [0.4, 0.5) is 0 Å². The Morgan fingerprint density at radius 2 is 1.62 bits per heavy atom. The minimum atomic E-state index is -0.845. The predicted octanol–water partition coefficient (Wildman–Crippen LogP) is 3.36. The van der Waals surface area contributed by atoms with Crippen molar-refractivity contribution >= 4 is 29.0 Å². The Hall–Kier alpha value is -1.74. The predicted molar refractivity (Wildman–Crippen MR) is 81.3 cm³/mol. The second-order valence-corrected chi connectivity index (χ2v) is 5.92. The Balaban J connectivity index is 2.67. The summed E-state index contributed by atoms with van der Waals surface area (Å²) in [5.74, 6) is -2.40. The summed E-state index contributed by atoms with van der Waals surface area (Å²) < 4.78 is 0. The minimum absolute atomic E-state index is 0.0626. The van der Waals surface area contributed by atoms with Crippen LogP contribution in [-0.4, -0.2) is 17.3 Å². The average molecular weight is 305 g/mol. The SMILES string of the molecule is CC(=O)C1C(=O)C=C(C)C(C(C)=O)C1c1ccccc1Cl. The van der Waals surface area contributed by atoms with Crippen LogP contribution in [0.3, 0.4) is 0 Å². The summed E-state index contributed by atoms with van der Waals surface area (Å²) in [5, 5.41) is 0.475. The average Bonchev–Trinajstić information content (AvgIpc) is 2.37. The molecule has 2 rings (SSSR count). The van der Waals surface area contributed by atoms with E-state index < -0.39 is 17.8 Å². The maximum absolute atomic E-state index is 12.3. The van der Waals surface area contributed by atoms with Crippen molar-refractivity contribution in [3.8, 4) is 0 Å². The molecule has 1 aromatic rings. The molecular formula is C17H17ClO3. The first-order valence-corrected chi connectivity index (χ1v) is 7.19. The zero-order chi connectivity index (χ0) is 15.7. The molecule has 1 aliphatic carbocycles. The summed E-state index contributed by atoms with van der Waals surface area (Å²) in [6.45, 7) is 4.63. The summed E-state index contributed by atoms with van der Waals surface area (Å²) in [7, 11) is 0. The fourth-order valence-corrected chi connectivity index (χ4v) is 3.45. The largest absolute Gasteiger partial charge is 0.299 e. The van der Waals surface area contributed by atoms with Crippen LogP contribution in [-0.2, 0) is 14.4 Å². The van der Waals surface area contributed by atoms with Crippen molar-refractivity contribution in [2.24, 2.45) is 11.8 Å². The van der Waals surface area contributed by atoms with Crippen LogP contribution in [0.2, 0.25) is 5.02 Å². The molecule has 0 radical (unpaired) electrons. The number of rotatable bonds is 3. The molecule has 0 aliphatic heterocycles. The lowest BCUT2D eigenvalue weighted by Crippen LogP contribution is -2.39. The minimum Gasteiger partial charge on any atom is -0.299 e. The molecule has 3 unspecified atom stereocenters. The molecule has 3 nitrogen and oxygen atoms in total. The van der Waals surface area contributed by atoms with Crippen molar-refractivity contribution in [2.75, 3.05) is 0 Å². The Kier molecular flexibility index (Phi) is 4.43. The van der Waals surface area contributed by atoms with Crippen molar-refractivity contribution in [3.05, 3.63) is 46.5 Å². The molecule has 0 amide bonds. The maximum atomic E-state index is 12.3. The third-order valence-electron chi connectivity index (χ3n) is 4.03. The molecule has 1 aromatic carbocycles. The Bertz CT molecular complexity index is 645. The molecule has 0 fully saturated rings. The first kappa shape index (κ1) is 15.6. The molecule has 110 valence electrons. The lowest BCUT2D eigenvalue weighted by molar-refractivity contribution is -0.132. The number of benzene rings is 1. The molecule has 0 N–H and O–H groups in total. The van der Waals surface area contributed by atoms with Crippen molar-refractivity contribution in [2.45, 2.75) is 26.7 Å². The molecule has 0 saturated heterocycles. The summed E-state index contributed by atoms with van der Waals surface area (Å²) in [4.78, 5) is 36.3. The van der Waals surface area contributed by atoms with Gasteiger partial charge in [0.05, 0.1) is 5.92 Å². The monoisotopic (exact) mass is 304 g/mol. The van der Waals surface area contributed by atoms with E-state index in [1.54, 1.807) is 31.2 Å². The highest BCUT2D eigenvalue weighted by Gasteiger charge is 2.44. The van der Waals surface area contributed by atoms with E-state index in [2.05, 4.69) is 0 Å². The number of carbonyl (C=O) groups is 3. The number of Topliss-reactive ketones (excluding diaryl/α,β-unsaturated/α-hetero) is 2. The molecule has 4 heteroatoms. The van der Waals surface area contributed by atoms with Gasteiger partial charge in [0.15, 0.2) is 5.78 Å². The smallest absolute Gasteiger partial charge is 0.166 e. The Morgan fingerprint density at radius 1 is 1.05 bits per heavy atom. The van der Waals surface area contributed by atoms with E-state index in [1.807, 2.05) is 0 Å². The lowest BCUT2D eigenvalue weighted by atomic mass is 9.66. The third-order valence-corrected chi connectivity index (χ3v) is 4.37. The molecule has 0 spiro atoms. The van der Waals surface area contributed by atoms with Crippen molar-refractivity contribution < 1.29 is 14.4 Å². The van der Waals surface area contributed by atoms with Crippen molar-refractivity contribution in [1.82, 2.24) is 0 Å². The van der Waals surface area contributed by atoms with Crippen molar-refractivity contribution in [3.63, 3.8) is 0 Å². The number of halogens is 1. The maximum Gasteiger partial charge on any atom is 0.166 e. The van der Waals surface area contributed by atoms with E-state index in [-0.39, 0.29) is 17.3 Å². The van der Waals surface area contributed by atoms with Gasteiger partial charge in [0.25, 0.3) is 0 Å². The highest BCUT2D eigenvalue weighted by Crippen LogP contribution is 2.43. The van der Waals surface area contributed by atoms with E-state index in [0.29, 0.717) is 16.2 Å². The summed E-state index contributed by atoms with van der Waals surface area (Å²) in [6.07, 6.45) is 1.42. The van der Waals surface area contributed by atoms with E-state index in [9.17, 15) is 14.4 Å². The van der Waals surface area contributed by atoms with Crippen LogP contribution in [0.5, 0.6) is 0 Å². The van der Waals surface area contributed by atoms with Gasteiger partial charge in [-0.3, -0.25) is 14.4 Å². The Labute approximate surface area is 129 Å². The van der Waals surface area contributed by atoms with Crippen LogP contribution < -0.4 is 0 Å². The Morgan fingerprint density at radius 3 is 2.14 bits per heavy atom. The van der Waals surface area contributed by atoms with Crippen LogP contribution in [0.1, 0.15) is 32.3 Å². The molecule has 1 aliphatic rings. The number of hydrogen-bond acceptors (Lipinski definition) is 3. The van der Waals surface area contributed by atoms with Gasteiger partial charge >= 0.3 is 0 Å².